The van der Waals surface area contributed by atoms with E-state index in [-0.39, 0.29) is 6.61 Å². The molecule has 178 valence electrons. The SMILES string of the molecule is O=C(Nc1c(C#Cc2cc3cc(C4(C(=O)O)CC4)sc3s2)oc2cnccc12)OCc1ccccc1. The number of fused-ring (bicyclic) bond motifs is 2. The number of carboxylic acid groups (broad SMARTS) is 1. The second-order valence-corrected chi connectivity index (χ2v) is 10.8. The second kappa shape index (κ2) is 8.82. The van der Waals surface area contributed by atoms with Crippen LogP contribution >= 0.6 is 22.7 Å². The summed E-state index contributed by atoms with van der Waals surface area (Å²) in [5.41, 5.74) is 1.11. The van der Waals surface area contributed by atoms with E-state index in [4.69, 9.17) is 9.15 Å². The van der Waals surface area contributed by atoms with Crippen molar-refractivity contribution in [2.75, 3.05) is 5.32 Å². The van der Waals surface area contributed by atoms with Gasteiger partial charge < -0.3 is 14.3 Å². The molecule has 0 unspecified atom stereocenters. The second-order valence-electron chi connectivity index (χ2n) is 8.47. The Bertz CT molecular complexity index is 1650. The van der Waals surface area contributed by atoms with Gasteiger partial charge in [-0.05, 0) is 48.4 Å². The van der Waals surface area contributed by atoms with Gasteiger partial charge in [-0.3, -0.25) is 15.1 Å². The molecule has 1 aromatic carbocycles. The zero-order chi connectivity index (χ0) is 24.7. The molecular weight excluding hydrogens is 496 g/mol. The van der Waals surface area contributed by atoms with Crippen LogP contribution in [0.5, 0.6) is 0 Å². The number of hydrogen-bond acceptors (Lipinski definition) is 7. The van der Waals surface area contributed by atoms with Gasteiger partial charge in [0.15, 0.2) is 5.58 Å². The first-order chi connectivity index (χ1) is 17.5. The molecule has 0 radical (unpaired) electrons. The standard InChI is InChI=1S/C27H18N2O5S2/c30-25(31)27(9-10-27)22-13-17-12-18(35-24(17)36-22)6-7-20-23(19-8-11-28-14-21(19)34-20)29-26(32)33-15-16-4-2-1-3-5-16/h1-5,8,11-14H,9-10,15H2,(H,29,32)(H,30,31). The van der Waals surface area contributed by atoms with Crippen molar-refractivity contribution in [3.05, 3.63) is 82.0 Å². The van der Waals surface area contributed by atoms with E-state index in [1.165, 1.54) is 22.7 Å². The van der Waals surface area contributed by atoms with Crippen LogP contribution in [0.2, 0.25) is 0 Å². The molecule has 0 bridgehead atoms. The molecule has 5 aromatic rings. The van der Waals surface area contributed by atoms with Crippen molar-refractivity contribution in [3.63, 3.8) is 0 Å². The molecule has 0 spiro atoms. The number of rotatable bonds is 5. The number of thiophene rings is 2. The van der Waals surface area contributed by atoms with Gasteiger partial charge in [-0.15, -0.1) is 22.7 Å². The fourth-order valence-corrected chi connectivity index (χ4v) is 6.51. The fourth-order valence-electron chi connectivity index (χ4n) is 3.97. The van der Waals surface area contributed by atoms with Crippen LogP contribution in [0.4, 0.5) is 10.5 Å². The van der Waals surface area contributed by atoms with Gasteiger partial charge in [0, 0.05) is 21.8 Å². The zero-order valence-corrected chi connectivity index (χ0v) is 20.4. The summed E-state index contributed by atoms with van der Waals surface area (Å²) in [6, 6.07) is 15.1. The van der Waals surface area contributed by atoms with Gasteiger partial charge >= 0.3 is 12.1 Å². The van der Waals surface area contributed by atoms with Crippen molar-refractivity contribution in [3.8, 4) is 11.8 Å². The Morgan fingerprint density at radius 3 is 2.72 bits per heavy atom. The van der Waals surface area contributed by atoms with E-state index in [1.54, 1.807) is 18.5 Å². The molecular formula is C27H18N2O5S2. The minimum Gasteiger partial charge on any atom is -0.481 e. The summed E-state index contributed by atoms with van der Waals surface area (Å²) in [5, 5.41) is 14.0. The van der Waals surface area contributed by atoms with Crippen LogP contribution in [-0.2, 0) is 21.6 Å². The number of carbonyl (C=O) groups excluding carboxylic acids is 1. The third kappa shape index (κ3) is 4.11. The number of carbonyl (C=O) groups is 2. The molecule has 2 N–H and O–H groups in total. The van der Waals surface area contributed by atoms with Gasteiger partial charge in [0.05, 0.1) is 15.1 Å². The molecule has 6 rings (SSSR count). The Balaban J connectivity index is 1.25. The maximum Gasteiger partial charge on any atom is 0.412 e. The number of benzene rings is 1. The van der Waals surface area contributed by atoms with Crippen molar-refractivity contribution < 1.29 is 23.8 Å². The zero-order valence-electron chi connectivity index (χ0n) is 18.7. The molecule has 4 aromatic heterocycles. The molecule has 1 saturated carbocycles. The van der Waals surface area contributed by atoms with Crippen LogP contribution in [0.1, 0.15) is 33.9 Å². The van der Waals surface area contributed by atoms with Crippen molar-refractivity contribution >= 4 is 60.8 Å². The van der Waals surface area contributed by atoms with E-state index in [0.717, 1.165) is 24.7 Å². The highest BCUT2D eigenvalue weighted by atomic mass is 32.2. The molecule has 1 aliphatic carbocycles. The molecule has 0 aliphatic heterocycles. The number of pyridine rings is 1. The largest absolute Gasteiger partial charge is 0.481 e. The molecule has 0 atom stereocenters. The van der Waals surface area contributed by atoms with E-state index < -0.39 is 17.5 Å². The quantitative estimate of drug-likeness (QED) is 0.264. The first-order valence-electron chi connectivity index (χ1n) is 11.2. The first kappa shape index (κ1) is 22.3. The van der Waals surface area contributed by atoms with Crippen molar-refractivity contribution in [1.82, 2.24) is 4.98 Å². The highest BCUT2D eigenvalue weighted by Crippen LogP contribution is 2.52. The lowest BCUT2D eigenvalue weighted by Crippen LogP contribution is -2.17. The Labute approximate surface area is 213 Å². The number of ether oxygens (including phenoxy) is 1. The lowest BCUT2D eigenvalue weighted by Gasteiger charge is -2.06. The number of aliphatic carboxylic acids is 1. The third-order valence-electron chi connectivity index (χ3n) is 6.08. The summed E-state index contributed by atoms with van der Waals surface area (Å²) in [6.07, 6.45) is 3.95. The maximum absolute atomic E-state index is 12.5. The smallest absolute Gasteiger partial charge is 0.412 e. The summed E-state index contributed by atoms with van der Waals surface area (Å²) in [5.74, 6) is 5.70. The average molecular weight is 515 g/mol. The van der Waals surface area contributed by atoms with Gasteiger partial charge in [0.1, 0.15) is 17.7 Å². The van der Waals surface area contributed by atoms with Gasteiger partial charge in [-0.25, -0.2) is 4.79 Å². The lowest BCUT2D eigenvalue weighted by atomic mass is 10.1. The molecule has 36 heavy (non-hydrogen) atoms. The van der Waals surface area contributed by atoms with E-state index in [0.29, 0.717) is 35.3 Å². The van der Waals surface area contributed by atoms with Crippen molar-refractivity contribution in [2.45, 2.75) is 24.9 Å². The number of anilines is 1. The minimum atomic E-state index is -0.752. The van der Waals surface area contributed by atoms with Crippen LogP contribution in [0.15, 0.2) is 65.3 Å². The molecule has 1 amide bonds. The van der Waals surface area contributed by atoms with E-state index in [1.807, 2.05) is 42.5 Å². The molecule has 4 heterocycles. The van der Waals surface area contributed by atoms with Crippen LogP contribution in [0.3, 0.4) is 0 Å². The molecule has 0 saturated heterocycles. The van der Waals surface area contributed by atoms with E-state index in [2.05, 4.69) is 22.1 Å². The van der Waals surface area contributed by atoms with Crippen LogP contribution in [0, 0.1) is 11.8 Å². The number of nitrogens with one attached hydrogen (secondary N) is 1. The monoisotopic (exact) mass is 514 g/mol. The van der Waals surface area contributed by atoms with Gasteiger partial charge in [-0.2, -0.15) is 0 Å². The Hall–Kier alpha value is -4.13. The Morgan fingerprint density at radius 2 is 1.97 bits per heavy atom. The number of furan rings is 1. The van der Waals surface area contributed by atoms with Crippen LogP contribution in [0.25, 0.3) is 20.4 Å². The maximum atomic E-state index is 12.5. The van der Waals surface area contributed by atoms with E-state index >= 15 is 0 Å². The fraction of sp³-hybridized carbons (Fsp3) is 0.148. The summed E-state index contributed by atoms with van der Waals surface area (Å²) in [7, 11) is 0. The number of amides is 1. The Kier molecular flexibility index (Phi) is 5.48. The normalized spacial score (nSPS) is 13.8. The van der Waals surface area contributed by atoms with Crippen molar-refractivity contribution in [1.29, 1.82) is 0 Å². The van der Waals surface area contributed by atoms with Crippen LogP contribution in [-0.4, -0.2) is 22.2 Å². The number of nitrogens with zero attached hydrogens (tertiary/aromatic N) is 1. The molecule has 1 fully saturated rings. The Morgan fingerprint density at radius 1 is 1.14 bits per heavy atom. The first-order valence-corrected chi connectivity index (χ1v) is 12.8. The van der Waals surface area contributed by atoms with Gasteiger partial charge in [0.25, 0.3) is 0 Å². The highest BCUT2D eigenvalue weighted by molar-refractivity contribution is 7.38. The number of hydrogen-bond donors (Lipinski definition) is 2. The lowest BCUT2D eigenvalue weighted by molar-refractivity contribution is -0.139. The van der Waals surface area contributed by atoms with Gasteiger partial charge in [0.2, 0.25) is 5.76 Å². The average Bonchev–Trinajstić information content (AvgIpc) is 3.32. The summed E-state index contributed by atoms with van der Waals surface area (Å²) in [6.45, 7) is 0.141. The molecule has 9 heteroatoms. The minimum absolute atomic E-state index is 0.141. The van der Waals surface area contributed by atoms with Crippen LogP contribution < -0.4 is 5.32 Å². The van der Waals surface area contributed by atoms with E-state index in [9.17, 15) is 14.7 Å². The molecule has 7 nitrogen and oxygen atoms in total. The predicted molar refractivity (Wildman–Crippen MR) is 138 cm³/mol. The van der Waals surface area contributed by atoms with Crippen molar-refractivity contribution in [2.24, 2.45) is 0 Å². The molecule has 1 aliphatic rings. The number of carboxylic acids is 1. The summed E-state index contributed by atoms with van der Waals surface area (Å²) >= 11 is 3.03. The highest BCUT2D eigenvalue weighted by Gasteiger charge is 2.53. The predicted octanol–water partition coefficient (Wildman–Crippen LogP) is 6.37. The summed E-state index contributed by atoms with van der Waals surface area (Å²) < 4.78 is 12.3. The number of aromatic nitrogens is 1. The third-order valence-corrected chi connectivity index (χ3v) is 8.59. The summed E-state index contributed by atoms with van der Waals surface area (Å²) in [4.78, 5) is 30.0. The topological polar surface area (TPSA) is 102 Å². The van der Waals surface area contributed by atoms with Gasteiger partial charge in [-0.1, -0.05) is 30.3 Å².